The van der Waals surface area contributed by atoms with Crippen LogP contribution in [-0.4, -0.2) is 51.0 Å². The van der Waals surface area contributed by atoms with Crippen molar-refractivity contribution >= 4 is 30.5 Å². The van der Waals surface area contributed by atoms with Crippen molar-refractivity contribution in [1.82, 2.24) is 19.8 Å². The van der Waals surface area contributed by atoms with E-state index in [1.807, 2.05) is 29.7 Å². The second-order valence-electron chi connectivity index (χ2n) is 7.75. The lowest BCUT2D eigenvalue weighted by atomic mass is 9.90. The molecule has 1 aromatic carbocycles. The van der Waals surface area contributed by atoms with Crippen molar-refractivity contribution in [2.45, 2.75) is 25.9 Å². The Kier molecular flexibility index (Phi) is 5.24. The van der Waals surface area contributed by atoms with E-state index in [9.17, 15) is 14.4 Å². The molecule has 0 saturated carbocycles. The Morgan fingerprint density at radius 2 is 2.00 bits per heavy atom. The minimum atomic E-state index is -0.576. The zero-order valence-electron chi connectivity index (χ0n) is 17.5. The number of benzene rings is 1. The molecule has 2 aliphatic rings. The largest absolute Gasteiger partial charge is 0.339 e. The van der Waals surface area contributed by atoms with Crippen LogP contribution >= 0.6 is 0 Å². The summed E-state index contributed by atoms with van der Waals surface area (Å²) < 4.78 is 2.04. The molecule has 31 heavy (non-hydrogen) atoms. The maximum atomic E-state index is 12.9. The van der Waals surface area contributed by atoms with Gasteiger partial charge in [-0.25, -0.2) is 10.3 Å². The molecule has 8 nitrogen and oxygen atoms in total. The molecule has 3 heterocycles. The number of hydroxylamine groups is 1. The molecular formula is C23H24N4O4. The van der Waals surface area contributed by atoms with Gasteiger partial charge in [-0.2, -0.15) is 0 Å². The van der Waals surface area contributed by atoms with E-state index < -0.39 is 11.8 Å². The number of rotatable bonds is 4. The highest BCUT2D eigenvalue weighted by Crippen LogP contribution is 2.32. The van der Waals surface area contributed by atoms with Gasteiger partial charge < -0.3 is 9.47 Å². The number of fused-ring (bicyclic) bond motifs is 4. The van der Waals surface area contributed by atoms with Gasteiger partial charge in [0.2, 0.25) is 5.91 Å². The topological polar surface area (TPSA) is 94.9 Å². The lowest BCUT2D eigenvalue weighted by Crippen LogP contribution is -2.56. The summed E-state index contributed by atoms with van der Waals surface area (Å²) >= 11 is 0. The molecule has 1 saturated heterocycles. The molecule has 160 valence electrons. The van der Waals surface area contributed by atoms with Gasteiger partial charge in [-0.3, -0.25) is 19.7 Å². The molecule has 1 atom stereocenters. The molecule has 2 bridgehead atoms. The standard InChI is InChI=1S/C23H24N4O4/c1-4-5-6-17-14(2)27(11-15-7-9-16(10-8-15)21(28)24-31)19-13-26-12-18(20(17)19)22(29)25(3)23(26)30/h4-10,18,31H,2,11-13H2,1,3H3,(H,24,28)/b5-4-,17-6+. The molecule has 2 aromatic rings. The first kappa shape index (κ1) is 20.6. The smallest absolute Gasteiger partial charge is 0.326 e. The molecule has 4 amide bonds. The first-order valence-electron chi connectivity index (χ1n) is 10.0. The van der Waals surface area contributed by atoms with E-state index in [1.54, 1.807) is 34.6 Å². The number of urea groups is 1. The summed E-state index contributed by atoms with van der Waals surface area (Å²) in [6, 6.07) is 6.59. The molecule has 0 radical (unpaired) electrons. The third-order valence-corrected chi connectivity index (χ3v) is 5.96. The Labute approximate surface area is 179 Å². The summed E-state index contributed by atoms with van der Waals surface area (Å²) in [5.41, 5.74) is 4.73. The number of hydrogen-bond acceptors (Lipinski definition) is 4. The van der Waals surface area contributed by atoms with E-state index in [1.165, 1.54) is 11.9 Å². The van der Waals surface area contributed by atoms with Gasteiger partial charge in [0.15, 0.2) is 0 Å². The van der Waals surface area contributed by atoms with Gasteiger partial charge >= 0.3 is 6.03 Å². The molecule has 2 N–H and O–H groups in total. The van der Waals surface area contributed by atoms with Crippen LogP contribution in [0.3, 0.4) is 0 Å². The Bertz CT molecular complexity index is 1210. The van der Waals surface area contributed by atoms with Crippen LogP contribution in [-0.2, 0) is 17.9 Å². The number of likely N-dealkylation sites (N-methyl/N-ethyl adjacent to an activating group) is 1. The highest BCUT2D eigenvalue weighted by Gasteiger charge is 2.44. The maximum absolute atomic E-state index is 12.9. The Balaban J connectivity index is 1.83. The normalized spacial score (nSPS) is 18.7. The molecule has 2 aliphatic heterocycles. The minimum absolute atomic E-state index is 0.200. The predicted molar refractivity (Wildman–Crippen MR) is 115 cm³/mol. The first-order chi connectivity index (χ1) is 14.9. The number of nitrogens with zero attached hydrogens (tertiary/aromatic N) is 3. The fourth-order valence-corrected chi connectivity index (χ4v) is 4.35. The fourth-order valence-electron chi connectivity index (χ4n) is 4.35. The monoisotopic (exact) mass is 420 g/mol. The van der Waals surface area contributed by atoms with Crippen LogP contribution in [0, 0.1) is 0 Å². The second kappa shape index (κ2) is 7.88. The van der Waals surface area contributed by atoms with Gasteiger partial charge in [0.25, 0.3) is 5.91 Å². The average Bonchev–Trinajstić information content (AvgIpc) is 3.05. The summed E-state index contributed by atoms with van der Waals surface area (Å²) in [6.45, 7) is 7.46. The number of nitrogens with one attached hydrogen (secondary N) is 1. The number of carbonyl (C=O) groups is 3. The highest BCUT2D eigenvalue weighted by atomic mass is 16.5. The average molecular weight is 420 g/mol. The van der Waals surface area contributed by atoms with Crippen LogP contribution in [0.5, 0.6) is 0 Å². The van der Waals surface area contributed by atoms with Crippen LogP contribution in [0.2, 0.25) is 0 Å². The number of hydrogen-bond donors (Lipinski definition) is 2. The zero-order chi connectivity index (χ0) is 22.3. The molecule has 0 spiro atoms. The van der Waals surface area contributed by atoms with E-state index in [2.05, 4.69) is 6.58 Å². The zero-order valence-corrected chi connectivity index (χ0v) is 17.5. The van der Waals surface area contributed by atoms with Gasteiger partial charge in [0, 0.05) is 42.0 Å². The second-order valence-corrected chi connectivity index (χ2v) is 7.75. The summed E-state index contributed by atoms with van der Waals surface area (Å²) in [6.07, 6.45) is 5.80. The summed E-state index contributed by atoms with van der Waals surface area (Å²) in [5.74, 6) is -1.19. The van der Waals surface area contributed by atoms with Crippen molar-refractivity contribution in [2.75, 3.05) is 13.6 Å². The SMILES string of the molecule is C=c1/c(=C\C=C/C)c2c(n1Cc1ccc(C(=O)NO)cc1)CN1CC2C(=O)N(C)C1=O. The van der Waals surface area contributed by atoms with Crippen LogP contribution in [0.1, 0.15) is 40.0 Å². The fraction of sp³-hybridized carbons (Fsp3) is 0.261. The lowest BCUT2D eigenvalue weighted by molar-refractivity contribution is -0.132. The summed E-state index contributed by atoms with van der Waals surface area (Å²) in [4.78, 5) is 39.9. The lowest BCUT2D eigenvalue weighted by Gasteiger charge is -2.41. The molecule has 8 heteroatoms. The van der Waals surface area contributed by atoms with Crippen molar-refractivity contribution in [3.8, 4) is 0 Å². The first-order valence-corrected chi connectivity index (χ1v) is 10.0. The quantitative estimate of drug-likeness (QED) is 0.568. The van der Waals surface area contributed by atoms with Gasteiger partial charge in [-0.05, 0) is 30.2 Å². The molecule has 1 fully saturated rings. The molecule has 1 unspecified atom stereocenters. The number of carbonyl (C=O) groups excluding carboxylic acids is 3. The van der Waals surface area contributed by atoms with Crippen LogP contribution in [0.4, 0.5) is 4.79 Å². The third-order valence-electron chi connectivity index (χ3n) is 5.96. The van der Waals surface area contributed by atoms with Crippen molar-refractivity contribution in [1.29, 1.82) is 0 Å². The number of imide groups is 1. The van der Waals surface area contributed by atoms with Crippen molar-refractivity contribution in [2.24, 2.45) is 0 Å². The Hall–Kier alpha value is -3.65. The number of allylic oxidation sites excluding steroid dienone is 2. The molecule has 1 aromatic heterocycles. The number of amides is 4. The van der Waals surface area contributed by atoms with Crippen LogP contribution in [0.15, 0.2) is 36.4 Å². The van der Waals surface area contributed by atoms with E-state index in [0.29, 0.717) is 25.2 Å². The van der Waals surface area contributed by atoms with Crippen LogP contribution < -0.4 is 16.0 Å². The van der Waals surface area contributed by atoms with Crippen molar-refractivity contribution < 1.29 is 19.6 Å². The van der Waals surface area contributed by atoms with Gasteiger partial charge in [0.1, 0.15) is 0 Å². The van der Waals surface area contributed by atoms with Gasteiger partial charge in [-0.1, -0.05) is 36.9 Å². The highest BCUT2D eigenvalue weighted by molar-refractivity contribution is 6.01. The van der Waals surface area contributed by atoms with Crippen molar-refractivity contribution in [3.63, 3.8) is 0 Å². The van der Waals surface area contributed by atoms with E-state index in [0.717, 1.165) is 27.4 Å². The van der Waals surface area contributed by atoms with Crippen molar-refractivity contribution in [3.05, 3.63) is 69.4 Å². The van der Waals surface area contributed by atoms with Crippen LogP contribution in [0.25, 0.3) is 12.7 Å². The summed E-state index contributed by atoms with van der Waals surface area (Å²) in [7, 11) is 1.52. The summed E-state index contributed by atoms with van der Waals surface area (Å²) in [5, 5.41) is 10.5. The van der Waals surface area contributed by atoms with Gasteiger partial charge in [0.05, 0.1) is 12.5 Å². The van der Waals surface area contributed by atoms with Gasteiger partial charge in [-0.15, -0.1) is 0 Å². The third kappa shape index (κ3) is 3.34. The van der Waals surface area contributed by atoms with E-state index >= 15 is 0 Å². The molecule has 0 aliphatic carbocycles. The van der Waals surface area contributed by atoms with E-state index in [4.69, 9.17) is 5.21 Å². The van der Waals surface area contributed by atoms with E-state index in [-0.39, 0.29) is 11.9 Å². The molecular weight excluding hydrogens is 396 g/mol. The Morgan fingerprint density at radius 1 is 1.29 bits per heavy atom. The Morgan fingerprint density at radius 3 is 2.65 bits per heavy atom. The minimum Gasteiger partial charge on any atom is -0.339 e. The predicted octanol–water partition coefficient (Wildman–Crippen LogP) is 0.913. The molecule has 4 rings (SSSR count). The maximum Gasteiger partial charge on any atom is 0.326 e. The number of aromatic nitrogens is 1.